The van der Waals surface area contributed by atoms with Crippen molar-refractivity contribution in [2.75, 3.05) is 26.2 Å². The highest BCUT2D eigenvalue weighted by Crippen LogP contribution is 2.21. The zero-order valence-electron chi connectivity index (χ0n) is 15.7. The molecule has 2 aromatic carbocycles. The minimum Gasteiger partial charge on any atom is -0.336 e. The molecule has 0 aromatic heterocycles. The number of sulfonamides is 1. The summed E-state index contributed by atoms with van der Waals surface area (Å²) < 4.78 is 23.6. The van der Waals surface area contributed by atoms with Gasteiger partial charge in [0.05, 0.1) is 4.90 Å². The molecule has 1 fully saturated rings. The molecular formula is C20H25N3O3S. The molecule has 2 aromatic rings. The number of hydrogen-bond donors (Lipinski definition) is 1. The summed E-state index contributed by atoms with van der Waals surface area (Å²) in [6.45, 7) is 7.15. The number of aryl methyl sites for hydroxylation is 1. The first-order chi connectivity index (χ1) is 12.8. The number of rotatable bonds is 4. The summed E-state index contributed by atoms with van der Waals surface area (Å²) in [6.07, 6.45) is 0. The predicted octanol–water partition coefficient (Wildman–Crippen LogP) is 1.91. The number of primary sulfonamides is 1. The molecular weight excluding hydrogens is 362 g/mol. The van der Waals surface area contributed by atoms with E-state index in [1.165, 1.54) is 11.6 Å². The van der Waals surface area contributed by atoms with Crippen LogP contribution in [0.1, 0.15) is 27.0 Å². The van der Waals surface area contributed by atoms with Gasteiger partial charge in [-0.1, -0.05) is 30.3 Å². The van der Waals surface area contributed by atoms with E-state index in [-0.39, 0.29) is 10.8 Å². The fraction of sp³-hybridized carbons (Fsp3) is 0.350. The number of nitrogens with zero attached hydrogens (tertiary/aromatic N) is 2. The molecule has 7 heteroatoms. The van der Waals surface area contributed by atoms with E-state index in [2.05, 4.69) is 17.0 Å². The Hall–Kier alpha value is -2.22. The van der Waals surface area contributed by atoms with Crippen LogP contribution in [0.3, 0.4) is 0 Å². The average molecular weight is 388 g/mol. The first-order valence-corrected chi connectivity index (χ1v) is 10.5. The minimum absolute atomic E-state index is 0.0218. The van der Waals surface area contributed by atoms with Gasteiger partial charge in [-0.2, -0.15) is 0 Å². The predicted molar refractivity (Wildman–Crippen MR) is 105 cm³/mol. The van der Waals surface area contributed by atoms with Crippen molar-refractivity contribution in [3.05, 3.63) is 64.7 Å². The summed E-state index contributed by atoms with van der Waals surface area (Å²) >= 11 is 0. The van der Waals surface area contributed by atoms with Crippen molar-refractivity contribution in [1.82, 2.24) is 9.80 Å². The Balaban J connectivity index is 1.70. The average Bonchev–Trinajstić information content (AvgIpc) is 2.64. The summed E-state index contributed by atoms with van der Waals surface area (Å²) in [4.78, 5) is 17.0. The SMILES string of the molecule is Cc1cc(C(=O)N2CCN(Cc3ccccc3)CC2)cc(S(N)(=O)=O)c1C. The van der Waals surface area contributed by atoms with Crippen LogP contribution in [0.15, 0.2) is 47.4 Å². The maximum absolute atomic E-state index is 12.9. The summed E-state index contributed by atoms with van der Waals surface area (Å²) in [5, 5.41) is 5.31. The molecule has 0 spiro atoms. The second-order valence-corrected chi connectivity index (χ2v) is 8.55. The van der Waals surface area contributed by atoms with E-state index >= 15 is 0 Å². The van der Waals surface area contributed by atoms with Crippen LogP contribution in [0, 0.1) is 13.8 Å². The largest absolute Gasteiger partial charge is 0.336 e. The van der Waals surface area contributed by atoms with Crippen LogP contribution in [-0.2, 0) is 16.6 Å². The van der Waals surface area contributed by atoms with Gasteiger partial charge < -0.3 is 4.90 Å². The Morgan fingerprint density at radius 2 is 1.67 bits per heavy atom. The normalized spacial score (nSPS) is 15.7. The molecule has 3 rings (SSSR count). The number of hydrogen-bond acceptors (Lipinski definition) is 4. The maximum atomic E-state index is 12.9. The van der Waals surface area contributed by atoms with Crippen LogP contribution in [0.5, 0.6) is 0 Å². The highest BCUT2D eigenvalue weighted by atomic mass is 32.2. The van der Waals surface area contributed by atoms with Gasteiger partial charge in [0.1, 0.15) is 0 Å². The highest BCUT2D eigenvalue weighted by molar-refractivity contribution is 7.89. The maximum Gasteiger partial charge on any atom is 0.253 e. The van der Waals surface area contributed by atoms with Gasteiger partial charge in [-0.15, -0.1) is 0 Å². The van der Waals surface area contributed by atoms with Crippen molar-refractivity contribution in [3.63, 3.8) is 0 Å². The quantitative estimate of drug-likeness (QED) is 0.869. The van der Waals surface area contributed by atoms with Crippen molar-refractivity contribution < 1.29 is 13.2 Å². The molecule has 0 saturated carbocycles. The second kappa shape index (κ2) is 7.80. The lowest BCUT2D eigenvalue weighted by atomic mass is 10.0. The lowest BCUT2D eigenvalue weighted by molar-refractivity contribution is 0.0628. The number of nitrogens with two attached hydrogens (primary N) is 1. The monoisotopic (exact) mass is 387 g/mol. The number of piperazine rings is 1. The third-order valence-electron chi connectivity index (χ3n) is 5.08. The Labute approximate surface area is 160 Å². The van der Waals surface area contributed by atoms with E-state index in [1.54, 1.807) is 24.8 Å². The molecule has 144 valence electrons. The van der Waals surface area contributed by atoms with Crippen LogP contribution >= 0.6 is 0 Å². The molecule has 0 atom stereocenters. The van der Waals surface area contributed by atoms with Crippen molar-refractivity contribution in [1.29, 1.82) is 0 Å². The molecule has 27 heavy (non-hydrogen) atoms. The molecule has 0 radical (unpaired) electrons. The summed E-state index contributed by atoms with van der Waals surface area (Å²) in [7, 11) is -3.87. The van der Waals surface area contributed by atoms with Gasteiger partial charge in [-0.25, -0.2) is 13.6 Å². The molecule has 0 bridgehead atoms. The first kappa shape index (κ1) is 19.5. The molecule has 1 saturated heterocycles. The van der Waals surface area contributed by atoms with Crippen LogP contribution < -0.4 is 5.14 Å². The fourth-order valence-electron chi connectivity index (χ4n) is 3.38. The van der Waals surface area contributed by atoms with Gasteiger partial charge in [0.25, 0.3) is 5.91 Å². The third-order valence-corrected chi connectivity index (χ3v) is 6.12. The van der Waals surface area contributed by atoms with Crippen LogP contribution in [0.2, 0.25) is 0 Å². The van der Waals surface area contributed by atoms with E-state index in [9.17, 15) is 13.2 Å². The van der Waals surface area contributed by atoms with Gasteiger partial charge in [-0.3, -0.25) is 9.69 Å². The van der Waals surface area contributed by atoms with E-state index in [4.69, 9.17) is 5.14 Å². The molecule has 0 unspecified atom stereocenters. The van der Waals surface area contributed by atoms with Gasteiger partial charge >= 0.3 is 0 Å². The van der Waals surface area contributed by atoms with Crippen LogP contribution in [0.25, 0.3) is 0 Å². The van der Waals surface area contributed by atoms with Crippen molar-refractivity contribution in [2.24, 2.45) is 5.14 Å². The lowest BCUT2D eigenvalue weighted by Crippen LogP contribution is -2.48. The lowest BCUT2D eigenvalue weighted by Gasteiger charge is -2.35. The molecule has 1 aliphatic rings. The van der Waals surface area contributed by atoms with Crippen molar-refractivity contribution in [3.8, 4) is 0 Å². The Kier molecular flexibility index (Phi) is 5.64. The number of carbonyl (C=O) groups excluding carboxylic acids is 1. The van der Waals surface area contributed by atoms with E-state index in [0.717, 1.165) is 25.2 Å². The van der Waals surface area contributed by atoms with Gasteiger partial charge in [0.2, 0.25) is 10.0 Å². The van der Waals surface area contributed by atoms with Gasteiger partial charge in [0.15, 0.2) is 0 Å². The molecule has 1 amide bonds. The number of carbonyl (C=O) groups is 1. The van der Waals surface area contributed by atoms with Crippen LogP contribution in [-0.4, -0.2) is 50.3 Å². The molecule has 1 aliphatic heterocycles. The summed E-state index contributed by atoms with van der Waals surface area (Å²) in [6, 6.07) is 13.4. The topological polar surface area (TPSA) is 83.7 Å². The molecule has 6 nitrogen and oxygen atoms in total. The van der Waals surface area contributed by atoms with Crippen LogP contribution in [0.4, 0.5) is 0 Å². The van der Waals surface area contributed by atoms with Crippen molar-refractivity contribution >= 4 is 15.9 Å². The Morgan fingerprint density at radius 1 is 1.04 bits per heavy atom. The minimum atomic E-state index is -3.87. The standard InChI is InChI=1S/C20H25N3O3S/c1-15-12-18(13-19(16(15)2)27(21,25)26)20(24)23-10-8-22(9-11-23)14-17-6-4-3-5-7-17/h3-7,12-13H,8-11,14H2,1-2H3,(H2,21,25,26). The van der Waals surface area contributed by atoms with E-state index < -0.39 is 10.0 Å². The number of benzene rings is 2. The second-order valence-electron chi connectivity index (χ2n) is 7.02. The number of amides is 1. The molecule has 0 aliphatic carbocycles. The highest BCUT2D eigenvalue weighted by Gasteiger charge is 2.24. The van der Waals surface area contributed by atoms with Crippen molar-refractivity contribution in [2.45, 2.75) is 25.3 Å². The molecule has 1 heterocycles. The Bertz CT molecular complexity index is 934. The summed E-state index contributed by atoms with van der Waals surface area (Å²) in [5.74, 6) is -0.151. The van der Waals surface area contributed by atoms with Gasteiger partial charge in [-0.05, 0) is 42.7 Å². The zero-order chi connectivity index (χ0) is 19.6. The third kappa shape index (κ3) is 4.55. The molecule has 2 N–H and O–H groups in total. The Morgan fingerprint density at radius 3 is 2.26 bits per heavy atom. The summed E-state index contributed by atoms with van der Waals surface area (Å²) in [5.41, 5.74) is 2.96. The van der Waals surface area contributed by atoms with E-state index in [0.29, 0.717) is 24.2 Å². The smallest absolute Gasteiger partial charge is 0.253 e. The van der Waals surface area contributed by atoms with Gasteiger partial charge in [0, 0.05) is 38.3 Å². The zero-order valence-corrected chi connectivity index (χ0v) is 16.5. The van der Waals surface area contributed by atoms with E-state index in [1.807, 2.05) is 18.2 Å². The first-order valence-electron chi connectivity index (χ1n) is 8.95. The fourth-order valence-corrected chi connectivity index (χ4v) is 4.26.